The molecule has 0 fully saturated rings. The molecule has 0 spiro atoms. The van der Waals surface area contributed by atoms with Crippen LogP contribution in [0.2, 0.25) is 0 Å². The van der Waals surface area contributed by atoms with Gasteiger partial charge in [-0.25, -0.2) is 9.37 Å². The first-order valence-corrected chi connectivity index (χ1v) is 6.17. The molecule has 0 amide bonds. The number of hydrogen-bond acceptors (Lipinski definition) is 2. The van der Waals surface area contributed by atoms with Crippen LogP contribution < -0.4 is 5.32 Å². The number of anilines is 1. The molecule has 1 heterocycles. The predicted molar refractivity (Wildman–Crippen MR) is 69.0 cm³/mol. The Bertz CT molecular complexity index is 364. The highest BCUT2D eigenvalue weighted by Gasteiger charge is 2.22. The molecule has 4 heteroatoms. The fourth-order valence-corrected chi connectivity index (χ4v) is 1.36. The molecule has 1 aromatic heterocycles. The zero-order valence-electron chi connectivity index (χ0n) is 10.1. The van der Waals surface area contributed by atoms with Crippen LogP contribution >= 0.6 is 15.9 Å². The molecule has 0 saturated carbocycles. The SMILES string of the molecule is CC(C)C(C)(C)CNc1ncc(Br)cc1F. The van der Waals surface area contributed by atoms with Crippen LogP contribution in [0.4, 0.5) is 10.2 Å². The van der Waals surface area contributed by atoms with Crippen molar-refractivity contribution in [2.24, 2.45) is 11.3 Å². The van der Waals surface area contributed by atoms with E-state index in [0.717, 1.165) is 0 Å². The van der Waals surface area contributed by atoms with Gasteiger partial charge in [0, 0.05) is 17.2 Å². The summed E-state index contributed by atoms with van der Waals surface area (Å²) in [5.41, 5.74) is 0.112. The maximum Gasteiger partial charge on any atom is 0.166 e. The molecule has 0 unspecified atom stereocenters. The van der Waals surface area contributed by atoms with Gasteiger partial charge >= 0.3 is 0 Å². The van der Waals surface area contributed by atoms with Gasteiger partial charge in [-0.3, -0.25) is 0 Å². The van der Waals surface area contributed by atoms with Crippen LogP contribution in [0.5, 0.6) is 0 Å². The van der Waals surface area contributed by atoms with Crippen LogP contribution in [-0.4, -0.2) is 11.5 Å². The summed E-state index contributed by atoms with van der Waals surface area (Å²) in [7, 11) is 0. The number of nitrogens with one attached hydrogen (secondary N) is 1. The quantitative estimate of drug-likeness (QED) is 0.903. The first-order valence-electron chi connectivity index (χ1n) is 5.38. The highest BCUT2D eigenvalue weighted by Crippen LogP contribution is 2.26. The normalized spacial score (nSPS) is 11.9. The Morgan fingerprint density at radius 2 is 2.12 bits per heavy atom. The first-order chi connectivity index (χ1) is 7.33. The van der Waals surface area contributed by atoms with Gasteiger partial charge in [-0.15, -0.1) is 0 Å². The average Bonchev–Trinajstić information content (AvgIpc) is 2.16. The molecule has 1 aromatic rings. The first kappa shape index (κ1) is 13.4. The van der Waals surface area contributed by atoms with Gasteiger partial charge in [-0.05, 0) is 33.3 Å². The van der Waals surface area contributed by atoms with E-state index in [1.165, 1.54) is 6.07 Å². The standard InChI is InChI=1S/C12H18BrFN2/c1-8(2)12(3,4)7-16-11-10(14)5-9(13)6-15-11/h5-6,8H,7H2,1-4H3,(H,15,16). The van der Waals surface area contributed by atoms with Gasteiger partial charge in [0.25, 0.3) is 0 Å². The summed E-state index contributed by atoms with van der Waals surface area (Å²) in [5.74, 6) is 0.518. The zero-order chi connectivity index (χ0) is 12.3. The van der Waals surface area contributed by atoms with Crippen molar-refractivity contribution < 1.29 is 4.39 Å². The van der Waals surface area contributed by atoms with Gasteiger partial charge < -0.3 is 5.32 Å². The van der Waals surface area contributed by atoms with Crippen molar-refractivity contribution in [3.8, 4) is 0 Å². The van der Waals surface area contributed by atoms with E-state index in [2.05, 4.69) is 53.9 Å². The zero-order valence-corrected chi connectivity index (χ0v) is 11.7. The van der Waals surface area contributed by atoms with Crippen LogP contribution in [0, 0.1) is 17.2 Å². The largest absolute Gasteiger partial charge is 0.367 e. The Labute approximate surface area is 105 Å². The molecule has 0 aliphatic rings. The topological polar surface area (TPSA) is 24.9 Å². The summed E-state index contributed by atoms with van der Waals surface area (Å²) >= 11 is 3.18. The second kappa shape index (κ2) is 5.13. The van der Waals surface area contributed by atoms with E-state index >= 15 is 0 Å². The lowest BCUT2D eigenvalue weighted by molar-refractivity contribution is 0.269. The monoisotopic (exact) mass is 288 g/mol. The van der Waals surface area contributed by atoms with Crippen molar-refractivity contribution in [1.29, 1.82) is 0 Å². The van der Waals surface area contributed by atoms with Crippen LogP contribution in [0.3, 0.4) is 0 Å². The summed E-state index contributed by atoms with van der Waals surface area (Å²) in [6.45, 7) is 9.33. The molecule has 0 aliphatic heterocycles. The molecule has 1 rings (SSSR count). The molecule has 16 heavy (non-hydrogen) atoms. The van der Waals surface area contributed by atoms with Gasteiger partial charge in [0.05, 0.1) is 0 Å². The Hall–Kier alpha value is -0.640. The van der Waals surface area contributed by atoms with Gasteiger partial charge in [-0.2, -0.15) is 0 Å². The van der Waals surface area contributed by atoms with Crippen LogP contribution in [0.15, 0.2) is 16.7 Å². The van der Waals surface area contributed by atoms with Crippen molar-refractivity contribution in [1.82, 2.24) is 4.98 Å². The lowest BCUT2D eigenvalue weighted by Crippen LogP contribution is -2.29. The lowest BCUT2D eigenvalue weighted by atomic mass is 9.81. The Balaban J connectivity index is 2.68. The maximum absolute atomic E-state index is 13.5. The Morgan fingerprint density at radius 3 is 2.62 bits per heavy atom. The molecular weight excluding hydrogens is 271 g/mol. The molecule has 0 aliphatic carbocycles. The molecule has 0 bridgehead atoms. The third-order valence-electron chi connectivity index (χ3n) is 3.08. The number of aromatic nitrogens is 1. The second-order valence-electron chi connectivity index (χ2n) is 4.98. The van der Waals surface area contributed by atoms with Gasteiger partial charge in [0.1, 0.15) is 0 Å². The number of nitrogens with zero attached hydrogens (tertiary/aromatic N) is 1. The van der Waals surface area contributed by atoms with Gasteiger partial charge in [0.15, 0.2) is 11.6 Å². The van der Waals surface area contributed by atoms with Crippen molar-refractivity contribution >= 4 is 21.7 Å². The highest BCUT2D eigenvalue weighted by atomic mass is 79.9. The summed E-state index contributed by atoms with van der Waals surface area (Å²) in [5, 5.41) is 3.05. The van der Waals surface area contributed by atoms with E-state index in [4.69, 9.17) is 0 Å². The summed E-state index contributed by atoms with van der Waals surface area (Å²) < 4.78 is 14.1. The van der Waals surface area contributed by atoms with E-state index in [1.54, 1.807) is 6.20 Å². The number of halogens is 2. The Kier molecular flexibility index (Phi) is 4.30. The van der Waals surface area contributed by atoms with Crippen molar-refractivity contribution in [2.45, 2.75) is 27.7 Å². The minimum Gasteiger partial charge on any atom is -0.367 e. The van der Waals surface area contributed by atoms with E-state index in [1.807, 2.05) is 0 Å². The molecule has 90 valence electrons. The van der Waals surface area contributed by atoms with Crippen molar-refractivity contribution in [2.75, 3.05) is 11.9 Å². The molecule has 0 aromatic carbocycles. The fourth-order valence-electron chi connectivity index (χ4n) is 1.06. The molecule has 2 nitrogen and oxygen atoms in total. The average molecular weight is 289 g/mol. The molecule has 0 radical (unpaired) electrons. The van der Waals surface area contributed by atoms with E-state index < -0.39 is 0 Å². The summed E-state index contributed by atoms with van der Waals surface area (Å²) in [6.07, 6.45) is 1.59. The molecular formula is C12H18BrFN2. The Morgan fingerprint density at radius 1 is 1.50 bits per heavy atom. The maximum atomic E-state index is 13.5. The lowest BCUT2D eigenvalue weighted by Gasteiger charge is -2.29. The molecule has 1 N–H and O–H groups in total. The number of pyridine rings is 1. The fraction of sp³-hybridized carbons (Fsp3) is 0.583. The van der Waals surface area contributed by atoms with Crippen LogP contribution in [0.1, 0.15) is 27.7 Å². The van der Waals surface area contributed by atoms with Crippen molar-refractivity contribution in [3.05, 3.63) is 22.6 Å². The van der Waals surface area contributed by atoms with E-state index in [-0.39, 0.29) is 11.2 Å². The van der Waals surface area contributed by atoms with Crippen LogP contribution in [-0.2, 0) is 0 Å². The summed E-state index contributed by atoms with van der Waals surface area (Å²) in [6, 6.07) is 1.41. The summed E-state index contributed by atoms with van der Waals surface area (Å²) in [4.78, 5) is 4.01. The predicted octanol–water partition coefficient (Wildman–Crippen LogP) is 4.08. The van der Waals surface area contributed by atoms with Crippen LogP contribution in [0.25, 0.3) is 0 Å². The van der Waals surface area contributed by atoms with Crippen molar-refractivity contribution in [3.63, 3.8) is 0 Å². The third-order valence-corrected chi connectivity index (χ3v) is 3.52. The third kappa shape index (κ3) is 3.44. The van der Waals surface area contributed by atoms with Gasteiger partial charge in [0.2, 0.25) is 0 Å². The number of hydrogen-bond donors (Lipinski definition) is 1. The number of rotatable bonds is 4. The molecule has 0 atom stereocenters. The highest BCUT2D eigenvalue weighted by molar-refractivity contribution is 9.10. The smallest absolute Gasteiger partial charge is 0.166 e. The molecule has 0 saturated heterocycles. The van der Waals surface area contributed by atoms with E-state index in [0.29, 0.717) is 22.8 Å². The second-order valence-corrected chi connectivity index (χ2v) is 5.90. The van der Waals surface area contributed by atoms with E-state index in [9.17, 15) is 4.39 Å². The minimum atomic E-state index is -0.325. The minimum absolute atomic E-state index is 0.112. The van der Waals surface area contributed by atoms with Gasteiger partial charge in [-0.1, -0.05) is 27.7 Å².